The van der Waals surface area contributed by atoms with E-state index in [0.717, 1.165) is 49.1 Å². The van der Waals surface area contributed by atoms with Gasteiger partial charge >= 0.3 is 0 Å². The van der Waals surface area contributed by atoms with Crippen LogP contribution in [0.4, 0.5) is 14.6 Å². The number of amides is 1. The number of piperidine rings is 1. The topological polar surface area (TPSA) is 49.3 Å². The fraction of sp³-hybridized carbons (Fsp3) is 0.476. The highest BCUT2D eigenvalue weighted by Gasteiger charge is 2.45. The molecule has 0 aliphatic carbocycles. The molecule has 5 nitrogen and oxygen atoms in total. The van der Waals surface area contributed by atoms with Crippen LogP contribution in [0.1, 0.15) is 36.1 Å². The first-order chi connectivity index (χ1) is 13.3. The molecule has 0 saturated carbocycles. The van der Waals surface area contributed by atoms with E-state index in [-0.39, 0.29) is 17.9 Å². The molecule has 28 heavy (non-hydrogen) atoms. The predicted molar refractivity (Wildman–Crippen MR) is 102 cm³/mol. The van der Waals surface area contributed by atoms with Gasteiger partial charge in [0.25, 0.3) is 0 Å². The van der Waals surface area contributed by atoms with Gasteiger partial charge in [0.1, 0.15) is 23.8 Å². The maximum atomic E-state index is 13.5. The molecule has 7 heteroatoms. The van der Waals surface area contributed by atoms with Crippen molar-refractivity contribution in [3.8, 4) is 0 Å². The number of anilines is 1. The molecule has 4 rings (SSSR count). The summed E-state index contributed by atoms with van der Waals surface area (Å²) < 4.78 is 26.9. The van der Waals surface area contributed by atoms with Crippen molar-refractivity contribution in [1.82, 2.24) is 14.9 Å². The molecule has 0 radical (unpaired) electrons. The Balaban J connectivity index is 1.43. The van der Waals surface area contributed by atoms with Crippen LogP contribution in [0.5, 0.6) is 0 Å². The monoisotopic (exact) mass is 386 g/mol. The second kappa shape index (κ2) is 7.11. The van der Waals surface area contributed by atoms with E-state index >= 15 is 0 Å². The quantitative estimate of drug-likeness (QED) is 0.811. The maximum Gasteiger partial charge on any atom is 0.223 e. The first-order valence-electron chi connectivity index (χ1n) is 9.61. The molecule has 0 atom stereocenters. The highest BCUT2D eigenvalue weighted by Crippen LogP contribution is 2.42. The first-order valence-corrected chi connectivity index (χ1v) is 9.61. The van der Waals surface area contributed by atoms with Crippen LogP contribution in [0.3, 0.4) is 0 Å². The zero-order valence-corrected chi connectivity index (χ0v) is 16.2. The Hall–Kier alpha value is -2.57. The van der Waals surface area contributed by atoms with Gasteiger partial charge in [-0.3, -0.25) is 4.79 Å². The Bertz CT molecular complexity index is 889. The number of halogens is 2. The number of nitrogens with zero attached hydrogens (tertiary/aromatic N) is 4. The van der Waals surface area contributed by atoms with E-state index in [1.54, 1.807) is 11.2 Å². The average Bonchev–Trinajstić information content (AvgIpc) is 2.92. The molecule has 0 N–H and O–H groups in total. The molecule has 0 unspecified atom stereocenters. The van der Waals surface area contributed by atoms with Gasteiger partial charge < -0.3 is 9.80 Å². The lowest BCUT2D eigenvalue weighted by Crippen LogP contribution is -2.42. The van der Waals surface area contributed by atoms with Crippen molar-refractivity contribution in [2.75, 3.05) is 24.5 Å². The number of benzene rings is 1. The van der Waals surface area contributed by atoms with Crippen LogP contribution in [0.25, 0.3) is 0 Å². The normalized spacial score (nSPS) is 18.9. The van der Waals surface area contributed by atoms with Gasteiger partial charge in [-0.15, -0.1) is 0 Å². The summed E-state index contributed by atoms with van der Waals surface area (Å²) in [4.78, 5) is 25.3. The second-order valence-corrected chi connectivity index (χ2v) is 8.10. The molecule has 1 aromatic carbocycles. The minimum absolute atomic E-state index is 0.0601. The molecular formula is C21H24F2N4O. The fourth-order valence-corrected chi connectivity index (χ4v) is 4.42. The lowest BCUT2D eigenvalue weighted by Gasteiger charge is -2.39. The summed E-state index contributed by atoms with van der Waals surface area (Å²) in [6, 6.07) is 3.44. The average molecular weight is 386 g/mol. The molecule has 2 fully saturated rings. The molecule has 3 heterocycles. The Kier molecular flexibility index (Phi) is 4.77. The SMILES string of the molecule is Cc1ncnc(N2CCC3(CC2)CC(=O)N(Cc2cc(F)cc(F)c2)C3)c1C. The van der Waals surface area contributed by atoms with E-state index < -0.39 is 11.6 Å². The zero-order chi connectivity index (χ0) is 19.9. The standard InChI is InChI=1S/C21H24F2N4O/c1-14-15(2)24-13-25-20(14)26-5-3-21(4-6-26)10-19(28)27(12-21)11-16-7-17(22)9-18(23)8-16/h7-9,13H,3-6,10-12H2,1-2H3. The highest BCUT2D eigenvalue weighted by molar-refractivity contribution is 5.79. The number of rotatable bonds is 3. The largest absolute Gasteiger partial charge is 0.356 e. The van der Waals surface area contributed by atoms with Gasteiger partial charge in [0.05, 0.1) is 0 Å². The Labute approximate surface area is 163 Å². The van der Waals surface area contributed by atoms with Crippen molar-refractivity contribution < 1.29 is 13.6 Å². The van der Waals surface area contributed by atoms with E-state index in [2.05, 4.69) is 14.9 Å². The number of aromatic nitrogens is 2. The summed E-state index contributed by atoms with van der Waals surface area (Å²) in [5.41, 5.74) is 2.51. The van der Waals surface area contributed by atoms with Crippen molar-refractivity contribution >= 4 is 11.7 Å². The van der Waals surface area contributed by atoms with Gasteiger partial charge in [0.15, 0.2) is 0 Å². The van der Waals surface area contributed by atoms with Crippen LogP contribution in [0.2, 0.25) is 0 Å². The Morgan fingerprint density at radius 2 is 1.75 bits per heavy atom. The lowest BCUT2D eigenvalue weighted by atomic mass is 9.77. The van der Waals surface area contributed by atoms with Crippen LogP contribution in [0, 0.1) is 30.9 Å². The van der Waals surface area contributed by atoms with Gasteiger partial charge in [-0.1, -0.05) is 0 Å². The molecule has 2 aliphatic rings. The third-order valence-corrected chi connectivity index (χ3v) is 6.13. The molecule has 0 bridgehead atoms. The van der Waals surface area contributed by atoms with Crippen molar-refractivity contribution in [3.63, 3.8) is 0 Å². The summed E-state index contributed by atoms with van der Waals surface area (Å²) in [5.74, 6) is -0.189. The van der Waals surface area contributed by atoms with Crippen LogP contribution >= 0.6 is 0 Å². The number of hydrogen-bond donors (Lipinski definition) is 0. The van der Waals surface area contributed by atoms with E-state index in [0.29, 0.717) is 18.5 Å². The summed E-state index contributed by atoms with van der Waals surface area (Å²) in [6.07, 6.45) is 3.89. The molecular weight excluding hydrogens is 362 g/mol. The summed E-state index contributed by atoms with van der Waals surface area (Å²) in [7, 11) is 0. The van der Waals surface area contributed by atoms with Crippen LogP contribution in [-0.4, -0.2) is 40.4 Å². The summed E-state index contributed by atoms with van der Waals surface area (Å²) in [6.45, 7) is 6.59. The van der Waals surface area contributed by atoms with Gasteiger partial charge in [0.2, 0.25) is 5.91 Å². The highest BCUT2D eigenvalue weighted by atomic mass is 19.1. The summed E-state index contributed by atoms with van der Waals surface area (Å²) >= 11 is 0. The van der Waals surface area contributed by atoms with E-state index in [4.69, 9.17) is 0 Å². The third-order valence-electron chi connectivity index (χ3n) is 6.13. The van der Waals surface area contributed by atoms with Crippen molar-refractivity contribution in [3.05, 3.63) is 53.0 Å². The number of aryl methyl sites for hydroxylation is 1. The van der Waals surface area contributed by atoms with Crippen molar-refractivity contribution in [2.24, 2.45) is 5.41 Å². The molecule has 1 amide bonds. The van der Waals surface area contributed by atoms with Crippen LogP contribution in [-0.2, 0) is 11.3 Å². The first kappa shape index (κ1) is 18.8. The van der Waals surface area contributed by atoms with E-state index in [1.807, 2.05) is 13.8 Å². The molecule has 2 saturated heterocycles. The molecule has 2 aliphatic heterocycles. The third kappa shape index (κ3) is 3.57. The smallest absolute Gasteiger partial charge is 0.223 e. The number of hydrogen-bond acceptors (Lipinski definition) is 4. The molecule has 2 aromatic rings. The Morgan fingerprint density at radius 3 is 2.43 bits per heavy atom. The van der Waals surface area contributed by atoms with Gasteiger partial charge in [0, 0.05) is 55.3 Å². The predicted octanol–water partition coefficient (Wildman–Crippen LogP) is 3.39. The molecule has 1 spiro atoms. The van der Waals surface area contributed by atoms with E-state index in [1.165, 1.54) is 12.1 Å². The van der Waals surface area contributed by atoms with Gasteiger partial charge in [-0.25, -0.2) is 18.7 Å². The number of carbonyl (C=O) groups excluding carboxylic acids is 1. The molecule has 148 valence electrons. The second-order valence-electron chi connectivity index (χ2n) is 8.10. The Morgan fingerprint density at radius 1 is 1.07 bits per heavy atom. The summed E-state index contributed by atoms with van der Waals surface area (Å²) in [5, 5.41) is 0. The van der Waals surface area contributed by atoms with Crippen LogP contribution < -0.4 is 4.90 Å². The lowest BCUT2D eigenvalue weighted by molar-refractivity contribution is -0.128. The van der Waals surface area contributed by atoms with Gasteiger partial charge in [-0.05, 0) is 44.4 Å². The minimum atomic E-state index is -0.611. The van der Waals surface area contributed by atoms with Gasteiger partial charge in [-0.2, -0.15) is 0 Å². The fourth-order valence-electron chi connectivity index (χ4n) is 4.42. The van der Waals surface area contributed by atoms with Crippen LogP contribution in [0.15, 0.2) is 24.5 Å². The maximum absolute atomic E-state index is 13.5. The number of carbonyl (C=O) groups is 1. The van der Waals surface area contributed by atoms with Crippen molar-refractivity contribution in [2.45, 2.75) is 39.7 Å². The van der Waals surface area contributed by atoms with Crippen molar-refractivity contribution in [1.29, 1.82) is 0 Å². The zero-order valence-electron chi connectivity index (χ0n) is 16.2. The minimum Gasteiger partial charge on any atom is -0.356 e. The number of likely N-dealkylation sites (tertiary alicyclic amines) is 1. The van der Waals surface area contributed by atoms with E-state index in [9.17, 15) is 13.6 Å². The molecule has 1 aromatic heterocycles.